The largest absolute Gasteiger partial charge is 0.493 e. The van der Waals surface area contributed by atoms with E-state index in [-0.39, 0.29) is 36.0 Å². The van der Waals surface area contributed by atoms with E-state index in [1.165, 1.54) is 33.3 Å². The maximum absolute atomic E-state index is 13.9. The maximum Gasteiger partial charge on any atom is 0.270 e. The molecule has 1 heterocycles. The third-order valence-corrected chi connectivity index (χ3v) is 6.68. The fourth-order valence-corrected chi connectivity index (χ4v) is 4.67. The molecule has 1 aromatic heterocycles. The first kappa shape index (κ1) is 29.2. The standard InChI is InChI=1S/C26H31N5O7S/c1-35-11-10-31(26(34)23-19(27)20(24(28)32)30-39-23)21(25(33)29-14-15-8-6-5-7-9-15)16-12-17(36-2)22(38-4)18(13-16)37-3/h5-9,12-13,21H,10-11,14,27H2,1-4H3,(H2,28,32)(H,29,33). The van der Waals surface area contributed by atoms with Gasteiger partial charge in [0.1, 0.15) is 10.9 Å². The Morgan fingerprint density at radius 1 is 1.03 bits per heavy atom. The molecule has 0 saturated heterocycles. The number of carbonyl (C=O) groups is 3. The number of ether oxygens (including phenoxy) is 4. The highest BCUT2D eigenvalue weighted by molar-refractivity contribution is 7.09. The molecule has 2 aromatic carbocycles. The topological polar surface area (TPSA) is 168 Å². The molecule has 208 valence electrons. The van der Waals surface area contributed by atoms with Crippen LogP contribution >= 0.6 is 11.5 Å². The van der Waals surface area contributed by atoms with E-state index in [1.807, 2.05) is 30.3 Å². The Morgan fingerprint density at radius 2 is 1.67 bits per heavy atom. The van der Waals surface area contributed by atoms with E-state index >= 15 is 0 Å². The molecule has 3 rings (SSSR count). The minimum Gasteiger partial charge on any atom is -0.493 e. The number of nitrogen functional groups attached to an aromatic ring is 1. The summed E-state index contributed by atoms with van der Waals surface area (Å²) in [6.07, 6.45) is 0. The van der Waals surface area contributed by atoms with Crippen molar-refractivity contribution in [2.75, 3.05) is 47.3 Å². The number of rotatable bonds is 13. The van der Waals surface area contributed by atoms with E-state index in [4.69, 9.17) is 30.4 Å². The maximum atomic E-state index is 13.9. The molecule has 0 bridgehead atoms. The second-order valence-electron chi connectivity index (χ2n) is 8.19. The molecule has 0 spiro atoms. The molecule has 0 fully saturated rings. The van der Waals surface area contributed by atoms with Crippen LogP contribution in [0.25, 0.3) is 0 Å². The van der Waals surface area contributed by atoms with Gasteiger partial charge in [-0.05, 0) is 34.8 Å². The fourth-order valence-electron chi connectivity index (χ4n) is 3.91. The summed E-state index contributed by atoms with van der Waals surface area (Å²) in [6, 6.07) is 11.3. The van der Waals surface area contributed by atoms with Crippen LogP contribution in [0.2, 0.25) is 0 Å². The Morgan fingerprint density at radius 3 is 2.18 bits per heavy atom. The van der Waals surface area contributed by atoms with E-state index in [9.17, 15) is 14.4 Å². The fraction of sp³-hybridized carbons (Fsp3) is 0.308. The molecular weight excluding hydrogens is 526 g/mol. The number of hydrogen-bond acceptors (Lipinski definition) is 10. The highest BCUT2D eigenvalue weighted by Gasteiger charge is 2.36. The monoisotopic (exact) mass is 557 g/mol. The zero-order valence-electron chi connectivity index (χ0n) is 22.1. The van der Waals surface area contributed by atoms with Gasteiger partial charge in [-0.1, -0.05) is 30.3 Å². The number of nitrogens with one attached hydrogen (secondary N) is 1. The summed E-state index contributed by atoms with van der Waals surface area (Å²) in [5, 5.41) is 2.90. The van der Waals surface area contributed by atoms with Crippen LogP contribution in [0.15, 0.2) is 42.5 Å². The Labute approximate surface area is 229 Å². The highest BCUT2D eigenvalue weighted by atomic mass is 32.1. The van der Waals surface area contributed by atoms with E-state index < -0.39 is 23.8 Å². The second kappa shape index (κ2) is 13.4. The van der Waals surface area contributed by atoms with E-state index in [2.05, 4.69) is 9.69 Å². The molecule has 0 aliphatic rings. The van der Waals surface area contributed by atoms with Crippen molar-refractivity contribution in [1.82, 2.24) is 14.6 Å². The predicted octanol–water partition coefficient (Wildman–Crippen LogP) is 2.00. The number of methoxy groups -OCH3 is 4. The van der Waals surface area contributed by atoms with Gasteiger partial charge in [-0.2, -0.15) is 4.37 Å². The van der Waals surface area contributed by atoms with Gasteiger partial charge < -0.3 is 40.6 Å². The molecule has 39 heavy (non-hydrogen) atoms. The van der Waals surface area contributed by atoms with Crippen molar-refractivity contribution in [1.29, 1.82) is 0 Å². The molecule has 3 aromatic rings. The van der Waals surface area contributed by atoms with Crippen LogP contribution in [0, 0.1) is 0 Å². The van der Waals surface area contributed by atoms with Gasteiger partial charge in [-0.25, -0.2) is 0 Å². The summed E-state index contributed by atoms with van der Waals surface area (Å²) < 4.78 is 25.6. The average Bonchev–Trinajstić information content (AvgIpc) is 3.34. The van der Waals surface area contributed by atoms with Gasteiger partial charge in [0, 0.05) is 20.2 Å². The summed E-state index contributed by atoms with van der Waals surface area (Å²) in [4.78, 5) is 40.7. The number of primary amides is 1. The minimum absolute atomic E-state index is 0.00133. The number of carbonyl (C=O) groups excluding carboxylic acids is 3. The summed E-state index contributed by atoms with van der Waals surface area (Å²) in [5.74, 6) is -1.09. The van der Waals surface area contributed by atoms with Crippen LogP contribution in [-0.4, -0.2) is 68.6 Å². The third kappa shape index (κ3) is 6.56. The normalized spacial score (nSPS) is 11.4. The van der Waals surface area contributed by atoms with Crippen LogP contribution in [0.1, 0.15) is 37.3 Å². The van der Waals surface area contributed by atoms with Gasteiger partial charge in [-0.15, -0.1) is 0 Å². The molecule has 13 heteroatoms. The first-order valence-electron chi connectivity index (χ1n) is 11.7. The van der Waals surface area contributed by atoms with Crippen LogP contribution in [0.3, 0.4) is 0 Å². The molecule has 0 radical (unpaired) electrons. The van der Waals surface area contributed by atoms with Gasteiger partial charge in [0.05, 0.1) is 33.6 Å². The lowest BCUT2D eigenvalue weighted by molar-refractivity contribution is -0.126. The van der Waals surface area contributed by atoms with E-state index in [0.29, 0.717) is 22.8 Å². The van der Waals surface area contributed by atoms with Crippen molar-refractivity contribution >= 4 is 34.9 Å². The number of nitrogens with zero attached hydrogens (tertiary/aromatic N) is 2. The van der Waals surface area contributed by atoms with Gasteiger partial charge in [0.2, 0.25) is 11.7 Å². The van der Waals surface area contributed by atoms with E-state index in [1.54, 1.807) is 12.1 Å². The average molecular weight is 558 g/mol. The van der Waals surface area contributed by atoms with Crippen LogP contribution in [-0.2, 0) is 16.1 Å². The molecule has 12 nitrogen and oxygen atoms in total. The number of hydrogen-bond donors (Lipinski definition) is 3. The molecule has 1 unspecified atom stereocenters. The highest BCUT2D eigenvalue weighted by Crippen LogP contribution is 2.41. The Hall–Kier alpha value is -4.36. The number of benzene rings is 2. The molecular formula is C26H31N5O7S. The van der Waals surface area contributed by atoms with Gasteiger partial charge in [0.25, 0.3) is 11.8 Å². The Balaban J connectivity index is 2.14. The lowest BCUT2D eigenvalue weighted by atomic mass is 10.0. The molecule has 5 N–H and O–H groups in total. The first-order valence-corrected chi connectivity index (χ1v) is 12.5. The zero-order valence-corrected chi connectivity index (χ0v) is 22.9. The summed E-state index contributed by atoms with van der Waals surface area (Å²) in [7, 11) is 5.83. The Bertz CT molecular complexity index is 1290. The number of aromatic nitrogens is 1. The third-order valence-electron chi connectivity index (χ3n) is 5.83. The number of anilines is 1. The summed E-state index contributed by atoms with van der Waals surface area (Å²) >= 11 is 0.721. The summed E-state index contributed by atoms with van der Waals surface area (Å²) in [5.41, 5.74) is 12.3. The van der Waals surface area contributed by atoms with Gasteiger partial charge in [-0.3, -0.25) is 14.4 Å². The van der Waals surface area contributed by atoms with Crippen molar-refractivity contribution in [3.05, 3.63) is 64.2 Å². The molecule has 0 saturated carbocycles. The first-order chi connectivity index (χ1) is 18.8. The molecule has 1 atom stereocenters. The van der Waals surface area contributed by atoms with Crippen molar-refractivity contribution in [2.24, 2.45) is 5.73 Å². The van der Waals surface area contributed by atoms with Crippen LogP contribution in [0.5, 0.6) is 17.2 Å². The van der Waals surface area contributed by atoms with Crippen molar-refractivity contribution in [3.8, 4) is 17.2 Å². The van der Waals surface area contributed by atoms with E-state index in [0.717, 1.165) is 17.1 Å². The molecule has 0 aliphatic carbocycles. The summed E-state index contributed by atoms with van der Waals surface area (Å²) in [6.45, 7) is 0.306. The molecule has 0 aliphatic heterocycles. The van der Waals surface area contributed by atoms with Gasteiger partial charge in [0.15, 0.2) is 17.2 Å². The molecule has 3 amide bonds. The second-order valence-corrected chi connectivity index (χ2v) is 8.97. The number of amides is 3. The predicted molar refractivity (Wildman–Crippen MR) is 145 cm³/mol. The van der Waals surface area contributed by atoms with Gasteiger partial charge >= 0.3 is 0 Å². The number of nitrogens with two attached hydrogens (primary N) is 2. The lowest BCUT2D eigenvalue weighted by Crippen LogP contribution is -2.45. The zero-order chi connectivity index (χ0) is 28.5. The smallest absolute Gasteiger partial charge is 0.270 e. The quantitative estimate of drug-likeness (QED) is 0.285. The SMILES string of the molecule is COCCN(C(=O)c1snc(C(N)=O)c1N)C(C(=O)NCc1ccccc1)c1cc(OC)c(OC)c(OC)c1. The lowest BCUT2D eigenvalue weighted by Gasteiger charge is -2.31. The van der Waals surface area contributed by atoms with Crippen LogP contribution in [0.4, 0.5) is 5.69 Å². The van der Waals surface area contributed by atoms with Crippen molar-refractivity contribution in [3.63, 3.8) is 0 Å². The van der Waals surface area contributed by atoms with Crippen molar-refractivity contribution in [2.45, 2.75) is 12.6 Å². The Kier molecular flexibility index (Phi) is 10.1. The van der Waals surface area contributed by atoms with Crippen LogP contribution < -0.4 is 31.0 Å². The van der Waals surface area contributed by atoms with Crippen molar-refractivity contribution < 1.29 is 33.3 Å². The minimum atomic E-state index is -1.19.